The molecule has 2 atom stereocenters. The van der Waals surface area contributed by atoms with E-state index >= 15 is 0 Å². The smallest absolute Gasteiger partial charge is 0.125 e. The summed E-state index contributed by atoms with van der Waals surface area (Å²) in [4.78, 5) is 10.3. The van der Waals surface area contributed by atoms with Crippen LogP contribution in [0.4, 0.5) is 0 Å². The zero-order valence-corrected chi connectivity index (χ0v) is 5.67. The number of carbonyl (C=O) groups excluding carboxylic acids is 1. The van der Waals surface area contributed by atoms with Gasteiger partial charge in [-0.3, -0.25) is 0 Å². The highest BCUT2D eigenvalue weighted by atomic mass is 16.5. The molecular formula is C7H12O2. The molecule has 1 fully saturated rings. The molecule has 0 spiro atoms. The first-order chi connectivity index (χ1) is 4.34. The predicted octanol–water partition coefficient (Wildman–Crippen LogP) is 0.858. The largest absolute Gasteiger partial charge is 0.381 e. The van der Waals surface area contributed by atoms with Gasteiger partial charge >= 0.3 is 0 Å². The zero-order valence-electron chi connectivity index (χ0n) is 5.67. The van der Waals surface area contributed by atoms with E-state index in [0.717, 1.165) is 19.3 Å². The van der Waals surface area contributed by atoms with Crippen LogP contribution in [0.3, 0.4) is 0 Å². The minimum atomic E-state index is 0.152. The maximum absolute atomic E-state index is 10.3. The lowest BCUT2D eigenvalue weighted by Crippen LogP contribution is -2.26. The molecule has 1 rings (SSSR count). The van der Waals surface area contributed by atoms with Gasteiger partial charge in [-0.15, -0.1) is 0 Å². The fourth-order valence-corrected chi connectivity index (χ4v) is 1.04. The molecule has 0 aromatic carbocycles. The Bertz CT molecular complexity index is 101. The van der Waals surface area contributed by atoms with E-state index in [0.29, 0.717) is 12.5 Å². The zero-order chi connectivity index (χ0) is 6.69. The first kappa shape index (κ1) is 6.75. The van der Waals surface area contributed by atoms with Crippen LogP contribution in [0.1, 0.15) is 13.3 Å². The van der Waals surface area contributed by atoms with Gasteiger partial charge in [-0.1, -0.05) is 6.92 Å². The van der Waals surface area contributed by atoms with Gasteiger partial charge in [0.2, 0.25) is 0 Å². The van der Waals surface area contributed by atoms with Crippen LogP contribution in [0.15, 0.2) is 0 Å². The second-order valence-electron chi connectivity index (χ2n) is 2.64. The van der Waals surface area contributed by atoms with Crippen molar-refractivity contribution in [2.45, 2.75) is 13.3 Å². The standard InChI is InChI=1S/C7H12O2/c1-6-2-3-9-5-7(6)4-8/h4,6-7H,2-3,5H2,1H3/t6-,7?/m0/s1. The van der Waals surface area contributed by atoms with Gasteiger partial charge in [-0.2, -0.15) is 0 Å². The Balaban J connectivity index is 2.38. The third kappa shape index (κ3) is 1.52. The van der Waals surface area contributed by atoms with Crippen LogP contribution in [-0.2, 0) is 9.53 Å². The van der Waals surface area contributed by atoms with E-state index in [9.17, 15) is 4.79 Å². The summed E-state index contributed by atoms with van der Waals surface area (Å²) >= 11 is 0. The first-order valence-corrected chi connectivity index (χ1v) is 3.37. The highest BCUT2D eigenvalue weighted by molar-refractivity contribution is 5.54. The van der Waals surface area contributed by atoms with Crippen LogP contribution >= 0.6 is 0 Å². The number of rotatable bonds is 1. The lowest BCUT2D eigenvalue weighted by atomic mass is 9.92. The van der Waals surface area contributed by atoms with Gasteiger partial charge in [0.25, 0.3) is 0 Å². The lowest BCUT2D eigenvalue weighted by molar-refractivity contribution is -0.117. The third-order valence-electron chi connectivity index (χ3n) is 1.93. The van der Waals surface area contributed by atoms with E-state index in [1.807, 2.05) is 0 Å². The maximum atomic E-state index is 10.3. The topological polar surface area (TPSA) is 26.3 Å². The number of ether oxygens (including phenoxy) is 1. The van der Waals surface area contributed by atoms with Crippen molar-refractivity contribution in [3.8, 4) is 0 Å². The summed E-state index contributed by atoms with van der Waals surface area (Å²) in [6, 6.07) is 0. The Morgan fingerprint density at radius 3 is 2.89 bits per heavy atom. The number of hydrogen-bond donors (Lipinski definition) is 0. The van der Waals surface area contributed by atoms with Gasteiger partial charge in [0.1, 0.15) is 6.29 Å². The van der Waals surface area contributed by atoms with Gasteiger partial charge in [-0.05, 0) is 12.3 Å². The molecule has 0 aliphatic carbocycles. The molecule has 0 aromatic rings. The van der Waals surface area contributed by atoms with E-state index in [1.165, 1.54) is 0 Å². The SMILES string of the molecule is C[C@H]1CCOCC1C=O. The Labute approximate surface area is 55.2 Å². The summed E-state index contributed by atoms with van der Waals surface area (Å²) in [5.41, 5.74) is 0. The predicted molar refractivity (Wildman–Crippen MR) is 34.2 cm³/mol. The van der Waals surface area contributed by atoms with Crippen LogP contribution in [-0.4, -0.2) is 19.5 Å². The van der Waals surface area contributed by atoms with Crippen molar-refractivity contribution >= 4 is 6.29 Å². The number of hydrogen-bond acceptors (Lipinski definition) is 2. The molecule has 0 N–H and O–H groups in total. The molecule has 1 aliphatic heterocycles. The summed E-state index contributed by atoms with van der Waals surface area (Å²) in [5.74, 6) is 0.676. The summed E-state index contributed by atoms with van der Waals surface area (Å²) in [5, 5.41) is 0. The number of aldehydes is 1. The molecule has 0 amide bonds. The first-order valence-electron chi connectivity index (χ1n) is 3.37. The van der Waals surface area contributed by atoms with Crippen molar-refractivity contribution < 1.29 is 9.53 Å². The van der Waals surface area contributed by atoms with Crippen molar-refractivity contribution in [1.82, 2.24) is 0 Å². The summed E-state index contributed by atoms with van der Waals surface area (Å²) in [6.45, 7) is 3.55. The molecule has 2 heteroatoms. The lowest BCUT2D eigenvalue weighted by Gasteiger charge is -2.23. The van der Waals surface area contributed by atoms with Crippen molar-refractivity contribution in [2.75, 3.05) is 13.2 Å². The molecule has 1 aliphatic rings. The normalized spacial score (nSPS) is 36.1. The van der Waals surface area contributed by atoms with Crippen molar-refractivity contribution in [3.63, 3.8) is 0 Å². The summed E-state index contributed by atoms with van der Waals surface area (Å²) < 4.78 is 5.11. The quantitative estimate of drug-likeness (QED) is 0.489. The van der Waals surface area contributed by atoms with Gasteiger partial charge in [-0.25, -0.2) is 0 Å². The Morgan fingerprint density at radius 1 is 1.67 bits per heavy atom. The van der Waals surface area contributed by atoms with E-state index in [1.54, 1.807) is 0 Å². The molecule has 0 saturated carbocycles. The van der Waals surface area contributed by atoms with E-state index < -0.39 is 0 Å². The van der Waals surface area contributed by atoms with Gasteiger partial charge < -0.3 is 9.53 Å². The van der Waals surface area contributed by atoms with E-state index in [2.05, 4.69) is 6.92 Å². The molecule has 0 aromatic heterocycles. The molecule has 52 valence electrons. The Hall–Kier alpha value is -0.370. The molecule has 1 unspecified atom stereocenters. The van der Waals surface area contributed by atoms with Crippen molar-refractivity contribution in [2.24, 2.45) is 11.8 Å². The van der Waals surface area contributed by atoms with Crippen molar-refractivity contribution in [3.05, 3.63) is 0 Å². The van der Waals surface area contributed by atoms with Crippen LogP contribution in [0.5, 0.6) is 0 Å². The molecular weight excluding hydrogens is 116 g/mol. The average Bonchev–Trinajstić information content (AvgIpc) is 1.89. The molecule has 2 nitrogen and oxygen atoms in total. The molecule has 1 heterocycles. The van der Waals surface area contributed by atoms with Crippen molar-refractivity contribution in [1.29, 1.82) is 0 Å². The van der Waals surface area contributed by atoms with E-state index in [4.69, 9.17) is 4.74 Å². The number of carbonyl (C=O) groups is 1. The van der Waals surface area contributed by atoms with Crippen LogP contribution in [0, 0.1) is 11.8 Å². The Morgan fingerprint density at radius 2 is 2.44 bits per heavy atom. The fourth-order valence-electron chi connectivity index (χ4n) is 1.04. The molecule has 1 saturated heterocycles. The highest BCUT2D eigenvalue weighted by Crippen LogP contribution is 2.18. The minimum Gasteiger partial charge on any atom is -0.381 e. The fraction of sp³-hybridized carbons (Fsp3) is 0.857. The van der Waals surface area contributed by atoms with Gasteiger partial charge in [0.05, 0.1) is 6.61 Å². The van der Waals surface area contributed by atoms with Crippen LogP contribution in [0.25, 0.3) is 0 Å². The second kappa shape index (κ2) is 2.97. The maximum Gasteiger partial charge on any atom is 0.125 e. The summed E-state index contributed by atoms with van der Waals surface area (Å²) in [6.07, 6.45) is 2.03. The minimum absolute atomic E-state index is 0.152. The van der Waals surface area contributed by atoms with Crippen LogP contribution in [0.2, 0.25) is 0 Å². The Kier molecular flexibility index (Phi) is 2.22. The van der Waals surface area contributed by atoms with Gasteiger partial charge in [0.15, 0.2) is 0 Å². The molecule has 0 radical (unpaired) electrons. The summed E-state index contributed by atoms with van der Waals surface area (Å²) in [7, 11) is 0. The highest BCUT2D eigenvalue weighted by Gasteiger charge is 2.20. The second-order valence-corrected chi connectivity index (χ2v) is 2.64. The monoisotopic (exact) mass is 128 g/mol. The van der Waals surface area contributed by atoms with E-state index in [-0.39, 0.29) is 5.92 Å². The molecule has 0 bridgehead atoms. The third-order valence-corrected chi connectivity index (χ3v) is 1.93. The average molecular weight is 128 g/mol. The van der Waals surface area contributed by atoms with Crippen LogP contribution < -0.4 is 0 Å². The molecule has 9 heavy (non-hydrogen) atoms. The van der Waals surface area contributed by atoms with Gasteiger partial charge in [0, 0.05) is 12.5 Å².